The van der Waals surface area contributed by atoms with Gasteiger partial charge < -0.3 is 10.1 Å². The second-order valence-corrected chi connectivity index (χ2v) is 4.40. The Kier molecular flexibility index (Phi) is 4.05. The van der Waals surface area contributed by atoms with Gasteiger partial charge in [0.25, 0.3) is 0 Å². The fourth-order valence-corrected chi connectivity index (χ4v) is 1.88. The van der Waals surface area contributed by atoms with Crippen molar-refractivity contribution in [2.75, 3.05) is 12.4 Å². The molecule has 0 aliphatic carbocycles. The fraction of sp³-hybridized carbons (Fsp3) is 0.214. The summed E-state index contributed by atoms with van der Waals surface area (Å²) < 4.78 is 5.14. The molecule has 0 fully saturated rings. The molecule has 0 amide bonds. The van der Waals surface area contributed by atoms with Crippen molar-refractivity contribution in [3.05, 3.63) is 53.3 Å². The number of methoxy groups -OCH3 is 1. The van der Waals surface area contributed by atoms with Crippen LogP contribution >= 0.6 is 11.6 Å². The third-order valence-corrected chi connectivity index (χ3v) is 3.06. The first-order valence-electron chi connectivity index (χ1n) is 5.70. The van der Waals surface area contributed by atoms with Crippen LogP contribution in [0, 0.1) is 0 Å². The quantitative estimate of drug-likeness (QED) is 0.907. The standard InChI is InChI=1S/C14H15ClN2O/c1-10(11-3-5-12(18-2)6-4-11)17-14-7-8-16-9-13(14)15/h3-10H,1-2H3,(H,16,17). The van der Waals surface area contributed by atoms with Gasteiger partial charge in [0, 0.05) is 18.4 Å². The average Bonchev–Trinajstić information content (AvgIpc) is 2.41. The van der Waals surface area contributed by atoms with Crippen molar-refractivity contribution in [3.8, 4) is 5.75 Å². The largest absolute Gasteiger partial charge is 0.497 e. The van der Waals surface area contributed by atoms with Crippen LogP contribution in [0.15, 0.2) is 42.7 Å². The summed E-state index contributed by atoms with van der Waals surface area (Å²) in [6, 6.07) is 9.99. The summed E-state index contributed by atoms with van der Waals surface area (Å²) in [5, 5.41) is 3.97. The monoisotopic (exact) mass is 262 g/mol. The molecular weight excluding hydrogens is 248 g/mol. The van der Waals surface area contributed by atoms with Gasteiger partial charge in [-0.25, -0.2) is 0 Å². The lowest BCUT2D eigenvalue weighted by Crippen LogP contribution is -2.06. The van der Waals surface area contributed by atoms with Crippen molar-refractivity contribution in [1.82, 2.24) is 4.98 Å². The predicted octanol–water partition coefficient (Wildman–Crippen LogP) is 3.92. The van der Waals surface area contributed by atoms with E-state index in [2.05, 4.69) is 17.2 Å². The number of halogens is 1. The Bertz CT molecular complexity index is 513. The Balaban J connectivity index is 2.11. The highest BCUT2D eigenvalue weighted by Crippen LogP contribution is 2.25. The molecule has 0 spiro atoms. The third kappa shape index (κ3) is 2.93. The third-order valence-electron chi connectivity index (χ3n) is 2.76. The van der Waals surface area contributed by atoms with Crippen LogP contribution in [0.25, 0.3) is 0 Å². The number of rotatable bonds is 4. The van der Waals surface area contributed by atoms with Gasteiger partial charge in [0.05, 0.1) is 17.8 Å². The van der Waals surface area contributed by atoms with E-state index >= 15 is 0 Å². The maximum atomic E-state index is 6.06. The second kappa shape index (κ2) is 5.74. The van der Waals surface area contributed by atoms with E-state index in [1.54, 1.807) is 19.5 Å². The number of anilines is 1. The molecule has 1 heterocycles. The summed E-state index contributed by atoms with van der Waals surface area (Å²) in [5.74, 6) is 0.855. The van der Waals surface area contributed by atoms with Crippen molar-refractivity contribution in [1.29, 1.82) is 0 Å². The first kappa shape index (κ1) is 12.7. The lowest BCUT2D eigenvalue weighted by atomic mass is 10.1. The summed E-state index contributed by atoms with van der Waals surface area (Å²) in [6.07, 6.45) is 3.35. The molecule has 1 aromatic heterocycles. The Morgan fingerprint density at radius 2 is 1.94 bits per heavy atom. The number of hydrogen-bond donors (Lipinski definition) is 1. The van der Waals surface area contributed by atoms with E-state index in [0.717, 1.165) is 11.4 Å². The normalized spacial score (nSPS) is 11.9. The molecule has 0 radical (unpaired) electrons. The molecule has 1 N–H and O–H groups in total. The summed E-state index contributed by atoms with van der Waals surface area (Å²) in [6.45, 7) is 2.08. The van der Waals surface area contributed by atoms with Crippen LogP contribution < -0.4 is 10.1 Å². The van der Waals surface area contributed by atoms with E-state index in [-0.39, 0.29) is 6.04 Å². The number of nitrogens with zero attached hydrogens (tertiary/aromatic N) is 1. The maximum Gasteiger partial charge on any atom is 0.118 e. The molecule has 0 bridgehead atoms. The lowest BCUT2D eigenvalue weighted by Gasteiger charge is -2.16. The van der Waals surface area contributed by atoms with Crippen molar-refractivity contribution < 1.29 is 4.74 Å². The molecule has 4 heteroatoms. The molecule has 2 aromatic rings. The predicted molar refractivity (Wildman–Crippen MR) is 74.3 cm³/mol. The van der Waals surface area contributed by atoms with Gasteiger partial charge in [-0.1, -0.05) is 23.7 Å². The zero-order chi connectivity index (χ0) is 13.0. The Hall–Kier alpha value is -1.74. The van der Waals surface area contributed by atoms with Gasteiger partial charge >= 0.3 is 0 Å². The van der Waals surface area contributed by atoms with Gasteiger partial charge in [0.2, 0.25) is 0 Å². The van der Waals surface area contributed by atoms with E-state index in [1.807, 2.05) is 30.3 Å². The average molecular weight is 263 g/mol. The molecular formula is C14H15ClN2O. The van der Waals surface area contributed by atoms with Gasteiger partial charge in [0.1, 0.15) is 5.75 Å². The first-order chi connectivity index (χ1) is 8.70. The van der Waals surface area contributed by atoms with Crippen molar-refractivity contribution in [3.63, 3.8) is 0 Å². The molecule has 18 heavy (non-hydrogen) atoms. The van der Waals surface area contributed by atoms with Gasteiger partial charge in [-0.3, -0.25) is 4.98 Å². The lowest BCUT2D eigenvalue weighted by molar-refractivity contribution is 0.414. The fourth-order valence-electron chi connectivity index (χ4n) is 1.70. The van der Waals surface area contributed by atoms with Crippen molar-refractivity contribution in [2.45, 2.75) is 13.0 Å². The van der Waals surface area contributed by atoms with Gasteiger partial charge in [-0.15, -0.1) is 0 Å². The summed E-state index contributed by atoms with van der Waals surface area (Å²) in [4.78, 5) is 3.96. The Morgan fingerprint density at radius 3 is 2.56 bits per heavy atom. The van der Waals surface area contributed by atoms with Gasteiger partial charge in [-0.05, 0) is 30.7 Å². The smallest absolute Gasteiger partial charge is 0.118 e. The van der Waals surface area contributed by atoms with Crippen LogP contribution in [0.4, 0.5) is 5.69 Å². The van der Waals surface area contributed by atoms with Crippen molar-refractivity contribution in [2.24, 2.45) is 0 Å². The molecule has 0 aliphatic heterocycles. The molecule has 0 saturated heterocycles. The topological polar surface area (TPSA) is 34.1 Å². The van der Waals surface area contributed by atoms with E-state index in [9.17, 15) is 0 Å². The summed E-state index contributed by atoms with van der Waals surface area (Å²) in [5.41, 5.74) is 2.05. The minimum absolute atomic E-state index is 0.163. The number of ether oxygens (including phenoxy) is 1. The number of benzene rings is 1. The highest BCUT2D eigenvalue weighted by atomic mass is 35.5. The first-order valence-corrected chi connectivity index (χ1v) is 6.08. The van der Waals surface area contributed by atoms with Crippen LogP contribution in [-0.2, 0) is 0 Å². The number of aromatic nitrogens is 1. The molecule has 0 saturated carbocycles. The van der Waals surface area contributed by atoms with Crippen LogP contribution in [0.2, 0.25) is 5.02 Å². The SMILES string of the molecule is COc1ccc(C(C)Nc2ccncc2Cl)cc1. The second-order valence-electron chi connectivity index (χ2n) is 3.99. The molecule has 1 unspecified atom stereocenters. The molecule has 3 nitrogen and oxygen atoms in total. The Labute approximate surface area is 112 Å². The zero-order valence-corrected chi connectivity index (χ0v) is 11.1. The summed E-state index contributed by atoms with van der Waals surface area (Å²) >= 11 is 6.06. The highest BCUT2D eigenvalue weighted by Gasteiger charge is 2.07. The van der Waals surface area contributed by atoms with E-state index in [0.29, 0.717) is 5.02 Å². The number of hydrogen-bond acceptors (Lipinski definition) is 3. The molecule has 2 rings (SSSR count). The van der Waals surface area contributed by atoms with Crippen LogP contribution in [0.3, 0.4) is 0 Å². The van der Waals surface area contributed by atoms with Crippen molar-refractivity contribution >= 4 is 17.3 Å². The zero-order valence-electron chi connectivity index (χ0n) is 10.4. The molecule has 1 atom stereocenters. The van der Waals surface area contributed by atoms with E-state index < -0.39 is 0 Å². The van der Waals surface area contributed by atoms with Crippen LogP contribution in [0.1, 0.15) is 18.5 Å². The van der Waals surface area contributed by atoms with Crippen LogP contribution in [-0.4, -0.2) is 12.1 Å². The minimum atomic E-state index is 0.163. The van der Waals surface area contributed by atoms with Gasteiger partial charge in [0.15, 0.2) is 0 Å². The highest BCUT2D eigenvalue weighted by molar-refractivity contribution is 6.33. The molecule has 1 aromatic carbocycles. The van der Waals surface area contributed by atoms with Gasteiger partial charge in [-0.2, -0.15) is 0 Å². The summed E-state index contributed by atoms with van der Waals surface area (Å²) in [7, 11) is 1.66. The van der Waals surface area contributed by atoms with E-state index in [4.69, 9.17) is 16.3 Å². The van der Waals surface area contributed by atoms with Crippen LogP contribution in [0.5, 0.6) is 5.75 Å². The number of pyridine rings is 1. The van der Waals surface area contributed by atoms with E-state index in [1.165, 1.54) is 5.56 Å². The number of nitrogens with one attached hydrogen (secondary N) is 1. The molecule has 94 valence electrons. The Morgan fingerprint density at radius 1 is 1.22 bits per heavy atom. The maximum absolute atomic E-state index is 6.06. The molecule has 0 aliphatic rings. The minimum Gasteiger partial charge on any atom is -0.497 e.